The van der Waals surface area contributed by atoms with Gasteiger partial charge in [-0.05, 0) is 68.5 Å². The molecule has 1 aliphatic carbocycles. The predicted octanol–water partition coefficient (Wildman–Crippen LogP) is 5.78. The van der Waals surface area contributed by atoms with E-state index in [-0.39, 0.29) is 11.7 Å². The molecule has 2 aromatic carbocycles. The molecule has 0 spiro atoms. The lowest BCUT2D eigenvalue weighted by Crippen LogP contribution is -2.42. The highest BCUT2D eigenvalue weighted by molar-refractivity contribution is 5.99. The lowest BCUT2D eigenvalue weighted by Gasteiger charge is -2.36. The monoisotopic (exact) mass is 438 g/mol. The predicted molar refractivity (Wildman–Crippen MR) is 127 cm³/mol. The van der Waals surface area contributed by atoms with Crippen LogP contribution in [0, 0.1) is 11.7 Å². The van der Waals surface area contributed by atoms with Gasteiger partial charge in [-0.1, -0.05) is 44.4 Å². The molecule has 1 saturated carbocycles. The average molecular weight is 439 g/mol. The van der Waals surface area contributed by atoms with E-state index < -0.39 is 5.41 Å². The molecule has 0 radical (unpaired) electrons. The Morgan fingerprint density at radius 2 is 1.84 bits per heavy atom. The first-order valence-corrected chi connectivity index (χ1v) is 12.1. The summed E-state index contributed by atoms with van der Waals surface area (Å²) in [6, 6.07) is 14.2. The highest BCUT2D eigenvalue weighted by atomic mass is 19.1. The van der Waals surface area contributed by atoms with E-state index in [9.17, 15) is 9.18 Å². The van der Waals surface area contributed by atoms with E-state index in [1.807, 2.05) is 30.3 Å². The van der Waals surface area contributed by atoms with Crippen molar-refractivity contribution >= 4 is 11.6 Å². The van der Waals surface area contributed by atoms with Gasteiger partial charge in [0.15, 0.2) is 0 Å². The van der Waals surface area contributed by atoms with Crippen molar-refractivity contribution < 1.29 is 13.9 Å². The number of carbonyl (C=O) groups excluding carboxylic acids is 1. The van der Waals surface area contributed by atoms with Crippen LogP contribution in [0.25, 0.3) is 0 Å². The summed E-state index contributed by atoms with van der Waals surface area (Å²) in [5, 5.41) is 3.05. The fraction of sp³-hybridized carbons (Fsp3) is 0.519. The van der Waals surface area contributed by atoms with Crippen LogP contribution in [0.2, 0.25) is 0 Å². The molecule has 2 aromatic rings. The number of rotatable bonds is 7. The molecular formula is C27H35FN2O2. The van der Waals surface area contributed by atoms with E-state index in [4.69, 9.17) is 4.74 Å². The summed E-state index contributed by atoms with van der Waals surface area (Å²) in [6.45, 7) is 6.22. The van der Waals surface area contributed by atoms with Gasteiger partial charge in [0.05, 0.1) is 5.41 Å². The lowest BCUT2D eigenvalue weighted by molar-refractivity contribution is -0.122. The Morgan fingerprint density at radius 3 is 2.56 bits per heavy atom. The van der Waals surface area contributed by atoms with Gasteiger partial charge in [0, 0.05) is 24.3 Å². The zero-order valence-corrected chi connectivity index (χ0v) is 19.1. The van der Waals surface area contributed by atoms with Crippen LogP contribution in [-0.4, -0.2) is 37.0 Å². The van der Waals surface area contributed by atoms with E-state index in [1.165, 1.54) is 18.9 Å². The molecule has 2 aliphatic rings. The van der Waals surface area contributed by atoms with Crippen molar-refractivity contribution in [2.75, 3.05) is 31.6 Å². The van der Waals surface area contributed by atoms with Crippen LogP contribution in [0.15, 0.2) is 48.5 Å². The summed E-state index contributed by atoms with van der Waals surface area (Å²) >= 11 is 0. The Bertz CT molecular complexity index is 893. The smallest absolute Gasteiger partial charge is 0.235 e. The first-order valence-electron chi connectivity index (χ1n) is 12.1. The second kappa shape index (κ2) is 10.5. The highest BCUT2D eigenvalue weighted by Gasteiger charge is 2.42. The molecule has 0 bridgehead atoms. The van der Waals surface area contributed by atoms with Crippen LogP contribution in [0.1, 0.15) is 57.4 Å². The van der Waals surface area contributed by atoms with E-state index >= 15 is 0 Å². The molecule has 32 heavy (non-hydrogen) atoms. The molecule has 1 atom stereocenters. The standard InChI is InChI=1S/C27H35FN2O2/c1-21-8-7-17-30(20-21)18-19-32-23-13-11-22(12-14-23)29-26(31)27(15-5-2-6-16-27)24-9-3-4-10-25(24)28/h3-4,9-14,21H,2,5-8,15-20H2,1H3,(H,29,31)/t21-/m0/s1. The number of ether oxygens (including phenoxy) is 1. The number of hydrogen-bond acceptors (Lipinski definition) is 3. The van der Waals surface area contributed by atoms with Crippen molar-refractivity contribution in [1.82, 2.24) is 4.90 Å². The van der Waals surface area contributed by atoms with E-state index in [2.05, 4.69) is 17.1 Å². The largest absolute Gasteiger partial charge is 0.492 e. The number of piperidine rings is 1. The van der Waals surface area contributed by atoms with Crippen molar-refractivity contribution in [1.29, 1.82) is 0 Å². The van der Waals surface area contributed by atoms with E-state index in [1.54, 1.807) is 12.1 Å². The third-order valence-corrected chi connectivity index (χ3v) is 7.06. The van der Waals surface area contributed by atoms with Crippen LogP contribution in [0.3, 0.4) is 0 Å². The van der Waals surface area contributed by atoms with Gasteiger partial charge in [-0.25, -0.2) is 4.39 Å². The van der Waals surface area contributed by atoms with Crippen LogP contribution >= 0.6 is 0 Å². The SMILES string of the molecule is C[C@H]1CCCN(CCOc2ccc(NC(=O)C3(c4ccccc4F)CCCCC3)cc2)C1. The molecule has 1 N–H and O–H groups in total. The Labute approximate surface area is 191 Å². The second-order valence-corrected chi connectivity index (χ2v) is 9.50. The number of anilines is 1. The molecule has 172 valence electrons. The molecule has 0 aromatic heterocycles. The summed E-state index contributed by atoms with van der Waals surface area (Å²) in [6.07, 6.45) is 6.90. The number of carbonyl (C=O) groups is 1. The van der Waals surface area contributed by atoms with Gasteiger partial charge in [0.25, 0.3) is 0 Å². The Balaban J connectivity index is 1.36. The number of amides is 1. The van der Waals surface area contributed by atoms with Gasteiger partial charge in [-0.3, -0.25) is 9.69 Å². The third kappa shape index (κ3) is 5.32. The van der Waals surface area contributed by atoms with Crippen LogP contribution in [0.4, 0.5) is 10.1 Å². The summed E-state index contributed by atoms with van der Waals surface area (Å²) in [4.78, 5) is 15.9. The Kier molecular flexibility index (Phi) is 7.46. The van der Waals surface area contributed by atoms with E-state index in [0.717, 1.165) is 50.6 Å². The fourth-order valence-electron chi connectivity index (χ4n) is 5.29. The number of hydrogen-bond donors (Lipinski definition) is 1. The van der Waals surface area contributed by atoms with Gasteiger partial charge >= 0.3 is 0 Å². The van der Waals surface area contributed by atoms with Gasteiger partial charge in [0.2, 0.25) is 5.91 Å². The van der Waals surface area contributed by atoms with Crippen LogP contribution in [-0.2, 0) is 10.2 Å². The quantitative estimate of drug-likeness (QED) is 0.596. The van der Waals surface area contributed by atoms with Crippen molar-refractivity contribution in [3.63, 3.8) is 0 Å². The van der Waals surface area contributed by atoms with Gasteiger partial charge in [0.1, 0.15) is 18.2 Å². The second-order valence-electron chi connectivity index (χ2n) is 9.50. The molecule has 2 fully saturated rings. The summed E-state index contributed by atoms with van der Waals surface area (Å²) in [5.41, 5.74) is 0.433. The summed E-state index contributed by atoms with van der Waals surface area (Å²) in [5.74, 6) is 1.16. The first kappa shape index (κ1) is 22.8. The van der Waals surface area contributed by atoms with Gasteiger partial charge < -0.3 is 10.1 Å². The van der Waals surface area contributed by atoms with Crippen molar-refractivity contribution in [3.05, 3.63) is 59.9 Å². The zero-order valence-electron chi connectivity index (χ0n) is 19.1. The summed E-state index contributed by atoms with van der Waals surface area (Å²) < 4.78 is 20.6. The molecule has 1 saturated heterocycles. The molecule has 4 nitrogen and oxygen atoms in total. The zero-order chi connectivity index (χ0) is 22.4. The van der Waals surface area contributed by atoms with Crippen LogP contribution < -0.4 is 10.1 Å². The van der Waals surface area contributed by atoms with Crippen molar-refractivity contribution in [2.45, 2.75) is 57.3 Å². The molecule has 4 rings (SSSR count). The topological polar surface area (TPSA) is 41.6 Å². The van der Waals surface area contributed by atoms with Crippen LogP contribution in [0.5, 0.6) is 5.75 Å². The normalized spacial score (nSPS) is 21.1. The maximum Gasteiger partial charge on any atom is 0.235 e. The minimum atomic E-state index is -0.801. The molecule has 0 unspecified atom stereocenters. The minimum absolute atomic E-state index is 0.116. The number of nitrogens with one attached hydrogen (secondary N) is 1. The van der Waals surface area contributed by atoms with Gasteiger partial charge in [-0.15, -0.1) is 0 Å². The van der Waals surface area contributed by atoms with Gasteiger partial charge in [-0.2, -0.15) is 0 Å². The average Bonchev–Trinajstić information content (AvgIpc) is 2.81. The summed E-state index contributed by atoms with van der Waals surface area (Å²) in [7, 11) is 0. The Hall–Kier alpha value is -2.40. The Morgan fingerprint density at radius 1 is 1.09 bits per heavy atom. The lowest BCUT2D eigenvalue weighted by atomic mass is 9.68. The number of halogens is 1. The highest BCUT2D eigenvalue weighted by Crippen LogP contribution is 2.41. The number of likely N-dealkylation sites (tertiary alicyclic amines) is 1. The third-order valence-electron chi connectivity index (χ3n) is 7.06. The van der Waals surface area contributed by atoms with Crippen molar-refractivity contribution in [2.24, 2.45) is 5.92 Å². The number of nitrogens with zero attached hydrogens (tertiary/aromatic N) is 1. The first-order chi connectivity index (χ1) is 15.6. The fourth-order valence-corrected chi connectivity index (χ4v) is 5.29. The molecule has 1 amide bonds. The number of benzene rings is 2. The molecule has 1 heterocycles. The molecular weight excluding hydrogens is 403 g/mol. The maximum atomic E-state index is 14.6. The molecule has 5 heteroatoms. The molecule has 1 aliphatic heterocycles. The van der Waals surface area contributed by atoms with Crippen molar-refractivity contribution in [3.8, 4) is 5.75 Å². The van der Waals surface area contributed by atoms with E-state index in [0.29, 0.717) is 30.7 Å². The maximum absolute atomic E-state index is 14.6. The minimum Gasteiger partial charge on any atom is -0.492 e.